The van der Waals surface area contributed by atoms with Crippen LogP contribution in [0.5, 0.6) is 0 Å². The van der Waals surface area contributed by atoms with Crippen molar-refractivity contribution in [3.63, 3.8) is 0 Å². The Morgan fingerprint density at radius 3 is 3.06 bits per heavy atom. The summed E-state index contributed by atoms with van der Waals surface area (Å²) in [6, 6.07) is 2.78. The molecule has 0 spiro atoms. The number of hydrogen-bond donors (Lipinski definition) is 1. The van der Waals surface area contributed by atoms with Gasteiger partial charge in [-0.05, 0) is 55.1 Å². The van der Waals surface area contributed by atoms with Crippen molar-refractivity contribution in [1.29, 1.82) is 0 Å². The van der Waals surface area contributed by atoms with Crippen LogP contribution < -0.4 is 0 Å². The average Bonchev–Trinajstić information content (AvgIpc) is 2.69. The number of thiophene rings is 1. The van der Waals surface area contributed by atoms with Crippen LogP contribution in [0.3, 0.4) is 0 Å². The second kappa shape index (κ2) is 6.53. The summed E-state index contributed by atoms with van der Waals surface area (Å²) in [5.41, 5.74) is 1.42. The fraction of sp³-hybridized carbons (Fsp3) is 0.714. The van der Waals surface area contributed by atoms with Crippen LogP contribution in [0.1, 0.15) is 44.6 Å². The molecule has 0 radical (unpaired) electrons. The Balaban J connectivity index is 1.98. The molecule has 1 N–H and O–H groups in total. The predicted molar refractivity (Wildman–Crippen MR) is 73.3 cm³/mol. The van der Waals surface area contributed by atoms with Crippen molar-refractivity contribution in [3.8, 4) is 0 Å². The largest absolute Gasteiger partial charge is 0.393 e. The summed E-state index contributed by atoms with van der Waals surface area (Å²) in [5.74, 6) is 0. The zero-order valence-corrected chi connectivity index (χ0v) is 11.5. The van der Waals surface area contributed by atoms with E-state index in [1.807, 2.05) is 6.92 Å². The van der Waals surface area contributed by atoms with E-state index in [2.05, 4.69) is 21.7 Å². The zero-order valence-electron chi connectivity index (χ0n) is 10.6. The molecule has 2 heterocycles. The molecule has 0 saturated carbocycles. The van der Waals surface area contributed by atoms with Crippen LogP contribution in [0.25, 0.3) is 0 Å². The van der Waals surface area contributed by atoms with Crippen molar-refractivity contribution in [2.45, 2.75) is 57.7 Å². The smallest absolute Gasteiger partial charge is 0.0527 e. The van der Waals surface area contributed by atoms with Gasteiger partial charge in [-0.15, -0.1) is 0 Å². The summed E-state index contributed by atoms with van der Waals surface area (Å²) in [4.78, 5) is 2.57. The van der Waals surface area contributed by atoms with Gasteiger partial charge in [-0.1, -0.05) is 12.8 Å². The molecule has 2 nitrogen and oxygen atoms in total. The highest BCUT2D eigenvalue weighted by molar-refractivity contribution is 7.07. The minimum absolute atomic E-state index is 0.178. The van der Waals surface area contributed by atoms with E-state index in [9.17, 15) is 5.11 Å². The van der Waals surface area contributed by atoms with Gasteiger partial charge in [0.1, 0.15) is 0 Å². The van der Waals surface area contributed by atoms with Crippen molar-refractivity contribution >= 4 is 11.3 Å². The lowest BCUT2D eigenvalue weighted by atomic mass is 10.0. The lowest BCUT2D eigenvalue weighted by molar-refractivity contribution is 0.108. The second-order valence-electron chi connectivity index (χ2n) is 5.19. The number of aliphatic hydroxyl groups is 1. The summed E-state index contributed by atoms with van der Waals surface area (Å²) in [6.07, 6.45) is 5.95. The molecule has 0 bridgehead atoms. The molecule has 96 valence electrons. The van der Waals surface area contributed by atoms with Crippen LogP contribution in [0.15, 0.2) is 16.8 Å². The summed E-state index contributed by atoms with van der Waals surface area (Å²) >= 11 is 1.77. The fourth-order valence-electron chi connectivity index (χ4n) is 2.72. The normalized spacial score (nSPS) is 24.5. The summed E-state index contributed by atoms with van der Waals surface area (Å²) in [5, 5.41) is 14.0. The second-order valence-corrected chi connectivity index (χ2v) is 5.97. The van der Waals surface area contributed by atoms with Crippen LogP contribution in [0.2, 0.25) is 0 Å². The SMILES string of the molecule is CC(O)CC1CCCCCN1Cc1ccsc1. The molecule has 17 heavy (non-hydrogen) atoms. The maximum Gasteiger partial charge on any atom is 0.0527 e. The Morgan fingerprint density at radius 1 is 1.47 bits per heavy atom. The molecule has 1 aliphatic rings. The van der Waals surface area contributed by atoms with Crippen molar-refractivity contribution in [2.75, 3.05) is 6.54 Å². The number of nitrogens with zero attached hydrogens (tertiary/aromatic N) is 1. The third-order valence-electron chi connectivity index (χ3n) is 3.58. The summed E-state index contributed by atoms with van der Waals surface area (Å²) in [6.45, 7) is 4.15. The first-order valence-electron chi connectivity index (χ1n) is 6.69. The molecule has 1 fully saturated rings. The average molecular weight is 253 g/mol. The predicted octanol–water partition coefficient (Wildman–Crippen LogP) is 3.26. The van der Waals surface area contributed by atoms with E-state index >= 15 is 0 Å². The quantitative estimate of drug-likeness (QED) is 0.890. The van der Waals surface area contributed by atoms with Gasteiger partial charge in [-0.2, -0.15) is 11.3 Å². The van der Waals surface area contributed by atoms with Gasteiger partial charge in [0.05, 0.1) is 6.10 Å². The van der Waals surface area contributed by atoms with E-state index < -0.39 is 0 Å². The molecular weight excluding hydrogens is 230 g/mol. The highest BCUT2D eigenvalue weighted by Crippen LogP contribution is 2.23. The third kappa shape index (κ3) is 4.09. The maximum atomic E-state index is 9.62. The molecule has 0 amide bonds. The van der Waals surface area contributed by atoms with Crippen LogP contribution in [-0.2, 0) is 6.54 Å². The van der Waals surface area contributed by atoms with E-state index in [0.717, 1.165) is 13.0 Å². The first-order valence-corrected chi connectivity index (χ1v) is 7.63. The van der Waals surface area contributed by atoms with E-state index in [1.165, 1.54) is 37.8 Å². The molecule has 1 aliphatic heterocycles. The summed E-state index contributed by atoms with van der Waals surface area (Å²) in [7, 11) is 0. The van der Waals surface area contributed by atoms with Crippen LogP contribution >= 0.6 is 11.3 Å². The topological polar surface area (TPSA) is 23.5 Å². The molecular formula is C14H23NOS. The number of hydrogen-bond acceptors (Lipinski definition) is 3. The molecule has 1 aromatic heterocycles. The first-order chi connectivity index (χ1) is 8.25. The molecule has 1 saturated heterocycles. The van der Waals surface area contributed by atoms with E-state index in [-0.39, 0.29) is 6.10 Å². The fourth-order valence-corrected chi connectivity index (χ4v) is 3.38. The van der Waals surface area contributed by atoms with E-state index in [0.29, 0.717) is 6.04 Å². The van der Waals surface area contributed by atoms with Gasteiger partial charge < -0.3 is 5.11 Å². The van der Waals surface area contributed by atoms with Crippen molar-refractivity contribution < 1.29 is 5.11 Å². The molecule has 1 aromatic rings. The highest BCUT2D eigenvalue weighted by atomic mass is 32.1. The Bertz CT molecular complexity index is 310. The van der Waals surface area contributed by atoms with Gasteiger partial charge in [0.15, 0.2) is 0 Å². The van der Waals surface area contributed by atoms with Gasteiger partial charge in [-0.25, -0.2) is 0 Å². The van der Waals surface area contributed by atoms with Crippen LogP contribution in [0, 0.1) is 0 Å². The Hall–Kier alpha value is -0.380. The monoisotopic (exact) mass is 253 g/mol. The maximum absolute atomic E-state index is 9.62. The third-order valence-corrected chi connectivity index (χ3v) is 4.31. The minimum Gasteiger partial charge on any atom is -0.393 e. The zero-order chi connectivity index (χ0) is 12.1. The lowest BCUT2D eigenvalue weighted by Gasteiger charge is -2.30. The number of rotatable bonds is 4. The van der Waals surface area contributed by atoms with E-state index in [4.69, 9.17) is 0 Å². The lowest BCUT2D eigenvalue weighted by Crippen LogP contribution is -2.36. The number of likely N-dealkylation sites (tertiary alicyclic amines) is 1. The molecule has 2 atom stereocenters. The summed E-state index contributed by atoms with van der Waals surface area (Å²) < 4.78 is 0. The van der Waals surface area contributed by atoms with Crippen molar-refractivity contribution in [3.05, 3.63) is 22.4 Å². The van der Waals surface area contributed by atoms with Gasteiger partial charge in [0, 0.05) is 12.6 Å². The van der Waals surface area contributed by atoms with Crippen LogP contribution in [0.4, 0.5) is 0 Å². The highest BCUT2D eigenvalue weighted by Gasteiger charge is 2.22. The number of aliphatic hydroxyl groups excluding tert-OH is 1. The van der Waals surface area contributed by atoms with E-state index in [1.54, 1.807) is 11.3 Å². The minimum atomic E-state index is -0.178. The van der Waals surface area contributed by atoms with Crippen molar-refractivity contribution in [1.82, 2.24) is 4.90 Å². The van der Waals surface area contributed by atoms with Gasteiger partial charge in [-0.3, -0.25) is 4.90 Å². The van der Waals surface area contributed by atoms with Crippen molar-refractivity contribution in [2.24, 2.45) is 0 Å². The molecule has 3 heteroatoms. The molecule has 0 aliphatic carbocycles. The van der Waals surface area contributed by atoms with Gasteiger partial charge >= 0.3 is 0 Å². The Kier molecular flexibility index (Phi) is 5.01. The standard InChI is InChI=1S/C14H23NOS/c1-12(16)9-14-5-3-2-4-7-15(14)10-13-6-8-17-11-13/h6,8,11-12,14,16H,2-5,7,9-10H2,1H3. The first kappa shape index (κ1) is 13.1. The Morgan fingerprint density at radius 2 is 2.35 bits per heavy atom. The molecule has 2 rings (SSSR count). The van der Waals surface area contributed by atoms with Crippen LogP contribution in [-0.4, -0.2) is 28.7 Å². The van der Waals surface area contributed by atoms with Gasteiger partial charge in [0.25, 0.3) is 0 Å². The van der Waals surface area contributed by atoms with Gasteiger partial charge in [0.2, 0.25) is 0 Å². The molecule has 0 aromatic carbocycles. The Labute approximate surface area is 108 Å². The molecule has 2 unspecified atom stereocenters.